The van der Waals surface area contributed by atoms with Crippen molar-refractivity contribution in [3.05, 3.63) is 0 Å². The molecule has 13 nitrogen and oxygen atoms in total. The van der Waals surface area contributed by atoms with E-state index in [2.05, 4.69) is 4.74 Å². The van der Waals surface area contributed by atoms with Crippen LogP contribution in [0.25, 0.3) is 0 Å². The van der Waals surface area contributed by atoms with Gasteiger partial charge in [-0.25, -0.2) is 0 Å². The summed E-state index contributed by atoms with van der Waals surface area (Å²) in [6, 6.07) is 0. The zero-order valence-corrected chi connectivity index (χ0v) is 21.5. The molecule has 0 radical (unpaired) electrons. The molecule has 0 spiro atoms. The van der Waals surface area contributed by atoms with Gasteiger partial charge in [0.25, 0.3) is 0 Å². The first-order valence-electron chi connectivity index (χ1n) is 12.9. The molecule has 2 saturated heterocycles. The molecule has 13 heteroatoms. The zero-order chi connectivity index (χ0) is 27.5. The maximum absolute atomic E-state index is 11.1. The minimum Gasteiger partial charge on any atom is -0.469 e. The molecule has 37 heavy (non-hydrogen) atoms. The Labute approximate surface area is 216 Å². The lowest BCUT2D eigenvalue weighted by atomic mass is 9.94. The third-order valence-corrected chi connectivity index (χ3v) is 6.92. The maximum Gasteiger partial charge on any atom is 0.305 e. The minimum atomic E-state index is -1.57. The lowest BCUT2D eigenvalue weighted by Crippen LogP contribution is -2.62. The first-order valence-corrected chi connectivity index (χ1v) is 12.9. The molecule has 218 valence electrons. The average Bonchev–Trinajstić information content (AvgIpc) is 2.90. The monoisotopic (exact) mass is 540 g/mol. The molecule has 11 atom stereocenters. The molecular weight excluding hydrogens is 496 g/mol. The van der Waals surface area contributed by atoms with Crippen molar-refractivity contribution in [3.8, 4) is 0 Å². The van der Waals surface area contributed by atoms with E-state index in [1.165, 1.54) is 7.11 Å². The average molecular weight is 541 g/mol. The molecule has 0 aromatic heterocycles. The van der Waals surface area contributed by atoms with Gasteiger partial charge in [-0.15, -0.1) is 0 Å². The van der Waals surface area contributed by atoms with Crippen LogP contribution >= 0.6 is 0 Å². The summed E-state index contributed by atoms with van der Waals surface area (Å²) < 4.78 is 27.4. The van der Waals surface area contributed by atoms with Crippen molar-refractivity contribution in [1.29, 1.82) is 0 Å². The number of hydrogen-bond acceptors (Lipinski definition) is 13. The highest BCUT2D eigenvalue weighted by Gasteiger charge is 2.47. The van der Waals surface area contributed by atoms with Crippen molar-refractivity contribution in [2.24, 2.45) is 0 Å². The van der Waals surface area contributed by atoms with Crippen LogP contribution in [0.2, 0.25) is 0 Å². The van der Waals surface area contributed by atoms with Gasteiger partial charge in [-0.05, 0) is 19.8 Å². The van der Waals surface area contributed by atoms with Crippen molar-refractivity contribution in [1.82, 2.24) is 0 Å². The van der Waals surface area contributed by atoms with E-state index >= 15 is 0 Å². The Balaban J connectivity index is 1.88. The predicted octanol–water partition coefficient (Wildman–Crippen LogP) is -2.39. The summed E-state index contributed by atoms with van der Waals surface area (Å²) in [5.41, 5.74) is 0. The molecular formula is C24H44O13. The topological polar surface area (TPSA) is 205 Å². The highest BCUT2D eigenvalue weighted by atomic mass is 16.6. The smallest absolute Gasteiger partial charge is 0.305 e. The summed E-state index contributed by atoms with van der Waals surface area (Å²) in [7, 11) is 1.37. The molecule has 2 fully saturated rings. The number of methoxy groups -OCH3 is 1. The largest absolute Gasteiger partial charge is 0.469 e. The minimum absolute atomic E-state index is 0.0108. The van der Waals surface area contributed by atoms with Gasteiger partial charge in [0.1, 0.15) is 61.0 Å². The van der Waals surface area contributed by atoms with Gasteiger partial charge in [-0.2, -0.15) is 0 Å². The predicted molar refractivity (Wildman–Crippen MR) is 126 cm³/mol. The molecule has 2 rings (SSSR count). The van der Waals surface area contributed by atoms with E-state index in [0.29, 0.717) is 6.42 Å². The van der Waals surface area contributed by atoms with E-state index in [9.17, 15) is 40.5 Å². The molecule has 0 aliphatic carbocycles. The Bertz CT molecular complexity index is 650. The molecule has 0 saturated carbocycles. The fourth-order valence-electron chi connectivity index (χ4n) is 4.53. The first-order chi connectivity index (χ1) is 17.6. The number of carbonyl (C=O) groups excluding carboxylic acids is 1. The van der Waals surface area contributed by atoms with Crippen LogP contribution in [0.15, 0.2) is 0 Å². The summed E-state index contributed by atoms with van der Waals surface area (Å²) in [6.07, 6.45) is -8.33. The Hall–Kier alpha value is -0.970. The second-order valence-corrected chi connectivity index (χ2v) is 9.72. The highest BCUT2D eigenvalue weighted by molar-refractivity contribution is 5.68. The van der Waals surface area contributed by atoms with Crippen LogP contribution in [0.5, 0.6) is 0 Å². The number of hydrogen-bond donors (Lipinski definition) is 7. The third kappa shape index (κ3) is 9.32. The maximum atomic E-state index is 11.1. The van der Waals surface area contributed by atoms with Gasteiger partial charge < -0.3 is 59.4 Å². The second-order valence-electron chi connectivity index (χ2n) is 9.72. The lowest BCUT2D eigenvalue weighted by molar-refractivity contribution is -0.275. The molecule has 0 aromatic rings. The van der Waals surface area contributed by atoms with Crippen molar-refractivity contribution in [3.63, 3.8) is 0 Å². The van der Waals surface area contributed by atoms with Crippen LogP contribution in [0.1, 0.15) is 45.4 Å². The Morgan fingerprint density at radius 3 is 1.95 bits per heavy atom. The molecule has 7 N–H and O–H groups in total. The van der Waals surface area contributed by atoms with E-state index in [0.717, 1.165) is 32.1 Å². The summed E-state index contributed by atoms with van der Waals surface area (Å²) in [4.78, 5) is 11.1. The van der Waals surface area contributed by atoms with E-state index in [-0.39, 0.29) is 25.3 Å². The number of aliphatic hydroxyl groups excluding tert-OH is 7. The fourth-order valence-corrected chi connectivity index (χ4v) is 4.53. The van der Waals surface area contributed by atoms with Crippen molar-refractivity contribution >= 4 is 5.97 Å². The van der Waals surface area contributed by atoms with Crippen LogP contribution < -0.4 is 0 Å². The molecule has 1 unspecified atom stereocenters. The molecule has 0 bridgehead atoms. The van der Waals surface area contributed by atoms with Crippen LogP contribution in [-0.2, 0) is 28.5 Å². The van der Waals surface area contributed by atoms with E-state index in [1.807, 2.05) is 6.92 Å². The Morgan fingerprint density at radius 1 is 0.757 bits per heavy atom. The zero-order valence-electron chi connectivity index (χ0n) is 21.5. The number of rotatable bonds is 15. The number of carbonyl (C=O) groups is 1. The standard InChI is InChI=1S/C24H44O13/c1-13(7-5-3-4-6-8-18(27)33-2)34-12-17-24(23(32)20(29)15(10-26)37-17)35-11-16-21(30)22(31)19(28)14(9-25)36-16/h13-17,19-26,28-32H,3-12H2,1-2H3/t13?,14-,15-,16+,17+,19-,20-,21+,22+,23+,24+/m1/s1. The van der Waals surface area contributed by atoms with Crippen LogP contribution in [0.4, 0.5) is 0 Å². The molecule has 0 amide bonds. The van der Waals surface area contributed by atoms with Crippen LogP contribution in [-0.4, -0.2) is 142 Å². The normalized spacial score (nSPS) is 37.3. The lowest BCUT2D eigenvalue weighted by Gasteiger charge is -2.44. The van der Waals surface area contributed by atoms with Gasteiger partial charge >= 0.3 is 5.97 Å². The van der Waals surface area contributed by atoms with E-state index in [1.54, 1.807) is 0 Å². The van der Waals surface area contributed by atoms with Crippen molar-refractivity contribution in [2.75, 3.05) is 33.5 Å². The van der Waals surface area contributed by atoms with Crippen molar-refractivity contribution in [2.45, 2.75) is 113 Å². The van der Waals surface area contributed by atoms with Crippen molar-refractivity contribution < 1.29 is 64.2 Å². The van der Waals surface area contributed by atoms with Crippen LogP contribution in [0.3, 0.4) is 0 Å². The number of esters is 1. The quantitative estimate of drug-likeness (QED) is 0.0857. The first kappa shape index (κ1) is 32.2. The van der Waals surface area contributed by atoms with Gasteiger partial charge in [0.15, 0.2) is 0 Å². The molecule has 2 heterocycles. The summed E-state index contributed by atoms with van der Waals surface area (Å²) >= 11 is 0. The molecule has 0 aromatic carbocycles. The van der Waals surface area contributed by atoms with Gasteiger partial charge in [-0.3, -0.25) is 4.79 Å². The SMILES string of the molecule is COC(=O)CCCCCCC(C)OC[C@@H]1O[C@H](CO)[C@@H](O)[C@H](O)[C@H]1OC[C@@H]1O[C@H](CO)[C@@H](O)[C@H](O)[C@H]1O. The number of unbranched alkanes of at least 4 members (excludes halogenated alkanes) is 3. The van der Waals surface area contributed by atoms with E-state index in [4.69, 9.17) is 18.9 Å². The summed E-state index contributed by atoms with van der Waals surface area (Å²) in [6.45, 7) is 0.405. The molecule has 2 aliphatic rings. The van der Waals surface area contributed by atoms with Gasteiger partial charge in [-0.1, -0.05) is 19.3 Å². The summed E-state index contributed by atoms with van der Waals surface area (Å²) in [5.74, 6) is -0.221. The summed E-state index contributed by atoms with van der Waals surface area (Å²) in [5, 5.41) is 70.0. The third-order valence-electron chi connectivity index (χ3n) is 6.92. The second kappa shape index (κ2) is 16.2. The van der Waals surface area contributed by atoms with E-state index < -0.39 is 74.3 Å². The van der Waals surface area contributed by atoms with Gasteiger partial charge in [0, 0.05) is 6.42 Å². The number of ether oxygens (including phenoxy) is 5. The highest BCUT2D eigenvalue weighted by Crippen LogP contribution is 2.27. The fraction of sp³-hybridized carbons (Fsp3) is 0.958. The molecule has 2 aliphatic heterocycles. The Kier molecular flexibility index (Phi) is 14.1. The number of aliphatic hydroxyl groups is 7. The Morgan fingerprint density at radius 2 is 1.32 bits per heavy atom. The van der Waals surface area contributed by atoms with Crippen LogP contribution in [0, 0.1) is 0 Å². The van der Waals surface area contributed by atoms with Gasteiger partial charge in [0.2, 0.25) is 0 Å². The van der Waals surface area contributed by atoms with Gasteiger partial charge in [0.05, 0.1) is 39.6 Å².